The van der Waals surface area contributed by atoms with E-state index >= 15 is 0 Å². The van der Waals surface area contributed by atoms with E-state index in [0.717, 1.165) is 30.8 Å². The van der Waals surface area contributed by atoms with Crippen LogP contribution in [0.2, 0.25) is 0 Å². The summed E-state index contributed by atoms with van der Waals surface area (Å²) in [6.45, 7) is 6.95. The highest BCUT2D eigenvalue weighted by Crippen LogP contribution is 2.16. The molecular formula is C15H25NO3. The lowest BCUT2D eigenvalue weighted by atomic mass is 10.2. The van der Waals surface area contributed by atoms with E-state index < -0.39 is 0 Å². The van der Waals surface area contributed by atoms with E-state index in [2.05, 4.69) is 11.4 Å². The maximum Gasteiger partial charge on any atom is 0.158 e. The van der Waals surface area contributed by atoms with Gasteiger partial charge in [-0.15, -0.1) is 0 Å². The summed E-state index contributed by atoms with van der Waals surface area (Å²) in [6, 6.07) is 8.03. The number of hydrogen-bond donors (Lipinski definition) is 1. The summed E-state index contributed by atoms with van der Waals surface area (Å²) < 4.78 is 16.3. The molecule has 0 aliphatic heterocycles. The summed E-state index contributed by atoms with van der Waals surface area (Å²) in [5.74, 6) is 0.918. The summed E-state index contributed by atoms with van der Waals surface area (Å²) >= 11 is 0. The van der Waals surface area contributed by atoms with Gasteiger partial charge in [0.1, 0.15) is 5.75 Å². The van der Waals surface area contributed by atoms with Crippen LogP contribution < -0.4 is 10.1 Å². The first-order valence-corrected chi connectivity index (χ1v) is 6.87. The van der Waals surface area contributed by atoms with Gasteiger partial charge in [0.2, 0.25) is 0 Å². The molecule has 19 heavy (non-hydrogen) atoms. The Balaban J connectivity index is 2.29. The van der Waals surface area contributed by atoms with Gasteiger partial charge in [-0.05, 0) is 19.9 Å². The Kier molecular flexibility index (Phi) is 8.21. The molecule has 0 saturated carbocycles. The molecule has 0 radical (unpaired) electrons. The third-order valence-corrected chi connectivity index (χ3v) is 2.77. The van der Waals surface area contributed by atoms with Crippen molar-refractivity contribution < 1.29 is 14.2 Å². The van der Waals surface area contributed by atoms with Crippen LogP contribution in [0, 0.1) is 0 Å². The summed E-state index contributed by atoms with van der Waals surface area (Å²) in [6.07, 6.45) is 0.733. The van der Waals surface area contributed by atoms with E-state index in [4.69, 9.17) is 14.2 Å². The van der Waals surface area contributed by atoms with Crippen molar-refractivity contribution in [3.8, 4) is 5.75 Å². The van der Waals surface area contributed by atoms with E-state index in [1.165, 1.54) is 0 Å². The predicted molar refractivity (Wildman–Crippen MR) is 76.4 cm³/mol. The van der Waals surface area contributed by atoms with Crippen LogP contribution >= 0.6 is 0 Å². The van der Waals surface area contributed by atoms with Crippen molar-refractivity contribution in [2.45, 2.75) is 33.1 Å². The van der Waals surface area contributed by atoms with Crippen LogP contribution in [-0.2, 0) is 16.0 Å². The molecule has 0 fully saturated rings. The largest absolute Gasteiger partial charge is 0.496 e. The fraction of sp³-hybridized carbons (Fsp3) is 0.600. The standard InChI is InChI=1S/C15H25NO3/c1-4-18-15(19-5-2)10-11-16-12-13-8-6-7-9-14(13)17-3/h6-9,15-16H,4-5,10-12H2,1-3H3. The number of ether oxygens (including phenoxy) is 3. The molecular weight excluding hydrogens is 242 g/mol. The molecule has 1 aromatic rings. The lowest BCUT2D eigenvalue weighted by Gasteiger charge is -2.17. The highest BCUT2D eigenvalue weighted by molar-refractivity contribution is 5.32. The topological polar surface area (TPSA) is 39.7 Å². The Labute approximate surface area is 116 Å². The molecule has 0 aliphatic rings. The minimum atomic E-state index is -0.111. The van der Waals surface area contributed by atoms with Gasteiger partial charge in [-0.1, -0.05) is 18.2 Å². The lowest BCUT2D eigenvalue weighted by molar-refractivity contribution is -0.138. The zero-order valence-electron chi connectivity index (χ0n) is 12.1. The van der Waals surface area contributed by atoms with Crippen LogP contribution in [0.5, 0.6) is 5.75 Å². The maximum absolute atomic E-state index is 5.49. The van der Waals surface area contributed by atoms with Crippen molar-refractivity contribution in [1.29, 1.82) is 0 Å². The molecule has 1 aromatic carbocycles. The van der Waals surface area contributed by atoms with Crippen LogP contribution in [0.3, 0.4) is 0 Å². The predicted octanol–water partition coefficient (Wildman–Crippen LogP) is 2.57. The fourth-order valence-corrected chi connectivity index (χ4v) is 1.88. The average Bonchev–Trinajstić information content (AvgIpc) is 2.44. The monoisotopic (exact) mass is 267 g/mol. The molecule has 0 amide bonds. The van der Waals surface area contributed by atoms with Gasteiger partial charge in [0.15, 0.2) is 6.29 Å². The van der Waals surface area contributed by atoms with Crippen LogP contribution in [-0.4, -0.2) is 33.2 Å². The Morgan fingerprint density at radius 3 is 2.42 bits per heavy atom. The van der Waals surface area contributed by atoms with E-state index in [9.17, 15) is 0 Å². The van der Waals surface area contributed by atoms with Crippen molar-refractivity contribution in [1.82, 2.24) is 5.32 Å². The minimum absolute atomic E-state index is 0.111. The van der Waals surface area contributed by atoms with Gasteiger partial charge in [0.25, 0.3) is 0 Å². The fourth-order valence-electron chi connectivity index (χ4n) is 1.88. The quantitative estimate of drug-likeness (QED) is 0.522. The number of benzene rings is 1. The van der Waals surface area contributed by atoms with Crippen molar-refractivity contribution >= 4 is 0 Å². The van der Waals surface area contributed by atoms with Crippen LogP contribution in [0.25, 0.3) is 0 Å². The van der Waals surface area contributed by atoms with Crippen LogP contribution in [0.15, 0.2) is 24.3 Å². The number of nitrogens with one attached hydrogen (secondary N) is 1. The molecule has 1 rings (SSSR count). The Hall–Kier alpha value is -1.10. The van der Waals surface area contributed by atoms with Crippen LogP contribution in [0.1, 0.15) is 25.8 Å². The second kappa shape index (κ2) is 9.78. The summed E-state index contributed by atoms with van der Waals surface area (Å²) in [5.41, 5.74) is 1.16. The highest BCUT2D eigenvalue weighted by Gasteiger charge is 2.07. The second-order valence-electron chi connectivity index (χ2n) is 4.12. The number of hydrogen-bond acceptors (Lipinski definition) is 4. The Morgan fingerprint density at radius 1 is 1.11 bits per heavy atom. The van der Waals surface area contributed by atoms with E-state index in [1.807, 2.05) is 32.0 Å². The van der Waals surface area contributed by atoms with Gasteiger partial charge in [0, 0.05) is 38.3 Å². The third-order valence-electron chi connectivity index (χ3n) is 2.77. The molecule has 0 aliphatic carbocycles. The van der Waals surface area contributed by atoms with Crippen molar-refractivity contribution in [3.63, 3.8) is 0 Å². The highest BCUT2D eigenvalue weighted by atomic mass is 16.7. The smallest absolute Gasteiger partial charge is 0.158 e. The molecule has 0 heterocycles. The molecule has 0 unspecified atom stereocenters. The molecule has 0 spiro atoms. The van der Waals surface area contributed by atoms with Gasteiger partial charge in [-0.25, -0.2) is 0 Å². The van der Waals surface area contributed by atoms with Crippen molar-refractivity contribution in [2.24, 2.45) is 0 Å². The molecule has 0 atom stereocenters. The zero-order valence-corrected chi connectivity index (χ0v) is 12.1. The summed E-state index contributed by atoms with van der Waals surface area (Å²) in [5, 5.41) is 3.38. The average molecular weight is 267 g/mol. The summed E-state index contributed by atoms with van der Waals surface area (Å²) in [4.78, 5) is 0. The minimum Gasteiger partial charge on any atom is -0.496 e. The second-order valence-corrected chi connectivity index (χ2v) is 4.12. The van der Waals surface area contributed by atoms with Gasteiger partial charge in [-0.3, -0.25) is 0 Å². The first-order chi connectivity index (χ1) is 9.31. The van der Waals surface area contributed by atoms with E-state index in [-0.39, 0.29) is 6.29 Å². The van der Waals surface area contributed by atoms with Crippen molar-refractivity contribution in [2.75, 3.05) is 26.9 Å². The summed E-state index contributed by atoms with van der Waals surface area (Å²) in [7, 11) is 1.69. The SMILES string of the molecule is CCOC(CCNCc1ccccc1OC)OCC. The zero-order chi connectivity index (χ0) is 13.9. The molecule has 1 N–H and O–H groups in total. The Morgan fingerprint density at radius 2 is 1.79 bits per heavy atom. The molecule has 0 saturated heterocycles. The molecule has 0 bridgehead atoms. The van der Waals surface area contributed by atoms with E-state index in [1.54, 1.807) is 7.11 Å². The first kappa shape index (κ1) is 16.0. The normalized spacial score (nSPS) is 10.9. The van der Waals surface area contributed by atoms with Gasteiger partial charge < -0.3 is 19.5 Å². The first-order valence-electron chi connectivity index (χ1n) is 6.87. The van der Waals surface area contributed by atoms with Crippen LogP contribution in [0.4, 0.5) is 0 Å². The maximum atomic E-state index is 5.49. The lowest BCUT2D eigenvalue weighted by Crippen LogP contribution is -2.24. The van der Waals surface area contributed by atoms with Crippen molar-refractivity contribution in [3.05, 3.63) is 29.8 Å². The third kappa shape index (κ3) is 6.05. The number of rotatable bonds is 10. The molecule has 4 heteroatoms. The number of para-hydroxylation sites is 1. The Bertz CT molecular complexity index is 338. The molecule has 108 valence electrons. The molecule has 4 nitrogen and oxygen atoms in total. The van der Waals surface area contributed by atoms with Gasteiger partial charge in [0.05, 0.1) is 7.11 Å². The van der Waals surface area contributed by atoms with Gasteiger partial charge in [-0.2, -0.15) is 0 Å². The van der Waals surface area contributed by atoms with E-state index in [0.29, 0.717) is 13.2 Å². The number of methoxy groups -OCH3 is 1. The molecule has 0 aromatic heterocycles. The van der Waals surface area contributed by atoms with Gasteiger partial charge >= 0.3 is 0 Å².